The lowest BCUT2D eigenvalue weighted by molar-refractivity contribution is 0.0137. The fourth-order valence-electron chi connectivity index (χ4n) is 2.63. The molecule has 5 nitrogen and oxygen atoms in total. The van der Waals surface area contributed by atoms with Gasteiger partial charge in [0.2, 0.25) is 0 Å². The smallest absolute Gasteiger partial charge is 0.145 e. The van der Waals surface area contributed by atoms with Crippen molar-refractivity contribution >= 4 is 21.6 Å². The zero-order chi connectivity index (χ0) is 20.1. The molecule has 1 aromatic carbocycles. The molecule has 1 N–H and O–H groups in total. The van der Waals surface area contributed by atoms with Crippen molar-refractivity contribution in [2.45, 2.75) is 30.1 Å². The van der Waals surface area contributed by atoms with E-state index < -0.39 is 28.3 Å². The van der Waals surface area contributed by atoms with Gasteiger partial charge >= 0.3 is 0 Å². The van der Waals surface area contributed by atoms with Crippen LogP contribution in [0.25, 0.3) is 0 Å². The first kappa shape index (κ1) is 20.7. The third-order valence-electron chi connectivity index (χ3n) is 4.18. The van der Waals surface area contributed by atoms with Crippen molar-refractivity contribution in [3.63, 3.8) is 0 Å². The van der Waals surface area contributed by atoms with Crippen molar-refractivity contribution in [1.82, 2.24) is 19.7 Å². The van der Waals surface area contributed by atoms with E-state index in [4.69, 9.17) is 0 Å². The molecule has 3 rings (SSSR count). The predicted molar refractivity (Wildman–Crippen MR) is 103 cm³/mol. The van der Waals surface area contributed by atoms with Gasteiger partial charge in [0.25, 0.3) is 0 Å². The normalized spacial score (nSPS) is 14.6. The lowest BCUT2D eigenvalue weighted by atomic mass is 9.90. The summed E-state index contributed by atoms with van der Waals surface area (Å²) in [6.45, 7) is 1.63. The second-order valence-electron chi connectivity index (χ2n) is 6.07. The van der Waals surface area contributed by atoms with Gasteiger partial charge in [0, 0.05) is 28.8 Å². The monoisotopic (exact) mass is 426 g/mol. The molecule has 0 spiro atoms. The topological polar surface area (TPSA) is 63.8 Å². The molecule has 0 aliphatic rings. The van der Waals surface area contributed by atoms with Crippen molar-refractivity contribution in [1.29, 1.82) is 0 Å². The minimum absolute atomic E-state index is 0.0472. The highest BCUT2D eigenvalue weighted by Gasteiger charge is 2.39. The minimum atomic E-state index is -1.70. The molecule has 3 aromatic rings. The van der Waals surface area contributed by atoms with Crippen LogP contribution in [0.5, 0.6) is 0 Å². The van der Waals surface area contributed by atoms with E-state index in [9.17, 15) is 18.3 Å². The first-order valence-electron chi connectivity index (χ1n) is 8.28. The molecule has 0 aliphatic carbocycles. The minimum Gasteiger partial charge on any atom is -0.382 e. The highest BCUT2D eigenvalue weighted by molar-refractivity contribution is 8.76. The highest BCUT2D eigenvalue weighted by atomic mass is 33.1. The average Bonchev–Trinajstić information content (AvgIpc) is 3.15. The third kappa shape index (κ3) is 4.68. The number of rotatable bonds is 8. The third-order valence-corrected chi connectivity index (χ3v) is 7.02. The fourth-order valence-corrected chi connectivity index (χ4v) is 5.22. The Morgan fingerprint density at radius 2 is 2.04 bits per heavy atom. The van der Waals surface area contributed by atoms with Crippen LogP contribution in [0, 0.1) is 17.5 Å². The lowest BCUT2D eigenvalue weighted by Crippen LogP contribution is -2.41. The van der Waals surface area contributed by atoms with Gasteiger partial charge in [0.1, 0.15) is 35.7 Å². The molecule has 2 aromatic heterocycles. The number of hydrogen-bond donors (Lipinski definition) is 1. The Labute approximate surface area is 167 Å². The Morgan fingerprint density at radius 3 is 2.71 bits per heavy atom. The summed E-state index contributed by atoms with van der Waals surface area (Å²) in [5.74, 6) is -1.72. The molecule has 0 aliphatic heterocycles. The van der Waals surface area contributed by atoms with Crippen LogP contribution in [-0.2, 0) is 17.9 Å². The zero-order valence-corrected chi connectivity index (χ0v) is 16.4. The Balaban J connectivity index is 1.80. The molecule has 0 fully saturated rings. The van der Waals surface area contributed by atoms with E-state index in [1.165, 1.54) is 63.3 Å². The molecule has 0 amide bonds. The van der Waals surface area contributed by atoms with Gasteiger partial charge in [-0.1, -0.05) is 27.7 Å². The SMILES string of the molecule is C[C@@H](SSCc1ncccc1F)[C@](O)(Cn1cncn1)c1ccc(F)cc1F. The molecule has 0 saturated heterocycles. The van der Waals surface area contributed by atoms with E-state index in [0.717, 1.165) is 12.1 Å². The number of aliphatic hydroxyl groups is 1. The van der Waals surface area contributed by atoms with E-state index in [1.807, 2.05) is 0 Å². The van der Waals surface area contributed by atoms with Gasteiger partial charge in [-0.05, 0) is 25.1 Å². The summed E-state index contributed by atoms with van der Waals surface area (Å²) < 4.78 is 42.9. The summed E-state index contributed by atoms with van der Waals surface area (Å²) in [7, 11) is 2.54. The summed E-state index contributed by atoms with van der Waals surface area (Å²) in [6.07, 6.45) is 4.21. The second-order valence-corrected chi connectivity index (χ2v) is 8.78. The van der Waals surface area contributed by atoms with Crippen LogP contribution >= 0.6 is 21.6 Å². The van der Waals surface area contributed by atoms with Gasteiger partial charge in [-0.25, -0.2) is 22.8 Å². The van der Waals surface area contributed by atoms with Gasteiger partial charge < -0.3 is 5.11 Å². The molecular formula is C18H17F3N4OS2. The number of aromatic nitrogens is 4. The Kier molecular flexibility index (Phi) is 6.63. The van der Waals surface area contributed by atoms with Gasteiger partial charge in [-0.2, -0.15) is 5.10 Å². The van der Waals surface area contributed by atoms with E-state index in [1.54, 1.807) is 6.92 Å². The maximum Gasteiger partial charge on any atom is 0.145 e. The van der Waals surface area contributed by atoms with Gasteiger partial charge in [-0.15, -0.1) is 0 Å². The molecule has 0 saturated carbocycles. The summed E-state index contributed by atoms with van der Waals surface area (Å²) in [5.41, 5.74) is -1.46. The van der Waals surface area contributed by atoms with Crippen LogP contribution in [0.15, 0.2) is 49.2 Å². The molecule has 148 valence electrons. The van der Waals surface area contributed by atoms with Crippen LogP contribution < -0.4 is 0 Å². The lowest BCUT2D eigenvalue weighted by Gasteiger charge is -2.34. The van der Waals surface area contributed by atoms with Gasteiger partial charge in [-0.3, -0.25) is 4.98 Å². The van der Waals surface area contributed by atoms with Crippen molar-refractivity contribution < 1.29 is 18.3 Å². The number of nitrogens with zero attached hydrogens (tertiary/aromatic N) is 4. The van der Waals surface area contributed by atoms with Crippen LogP contribution in [0.1, 0.15) is 18.2 Å². The first-order chi connectivity index (χ1) is 13.4. The molecule has 28 heavy (non-hydrogen) atoms. The van der Waals surface area contributed by atoms with Crippen molar-refractivity contribution in [3.8, 4) is 0 Å². The van der Waals surface area contributed by atoms with E-state index in [0.29, 0.717) is 5.69 Å². The van der Waals surface area contributed by atoms with E-state index in [2.05, 4.69) is 15.1 Å². The Hall–Kier alpha value is -2.04. The standard InChI is InChI=1S/C18H17F3N4OS2/c1-12(28-27-8-17-15(20)3-2-6-23-17)18(26,9-25-11-22-10-24-25)14-5-4-13(19)7-16(14)21/h2-7,10-12,26H,8-9H2,1H3/t12-,18-/m1/s1. The van der Waals surface area contributed by atoms with Crippen molar-refractivity contribution in [3.05, 3.63) is 77.9 Å². The number of halogens is 3. The van der Waals surface area contributed by atoms with Gasteiger partial charge in [0.05, 0.1) is 12.2 Å². The molecule has 0 unspecified atom stereocenters. The Bertz CT molecular complexity index is 929. The summed E-state index contributed by atoms with van der Waals surface area (Å²) >= 11 is 0. The van der Waals surface area contributed by atoms with Crippen LogP contribution in [0.2, 0.25) is 0 Å². The maximum absolute atomic E-state index is 14.5. The van der Waals surface area contributed by atoms with Crippen LogP contribution in [0.4, 0.5) is 13.2 Å². The maximum atomic E-state index is 14.5. The Morgan fingerprint density at radius 1 is 1.21 bits per heavy atom. The van der Waals surface area contributed by atoms with Crippen molar-refractivity contribution in [2.24, 2.45) is 0 Å². The summed E-state index contributed by atoms with van der Waals surface area (Å²) in [6, 6.07) is 5.88. The number of benzene rings is 1. The van der Waals surface area contributed by atoms with Gasteiger partial charge in [0.15, 0.2) is 0 Å². The first-order valence-corrected chi connectivity index (χ1v) is 10.7. The largest absolute Gasteiger partial charge is 0.382 e. The van der Waals surface area contributed by atoms with Crippen LogP contribution in [-0.4, -0.2) is 30.1 Å². The van der Waals surface area contributed by atoms with E-state index in [-0.39, 0.29) is 17.9 Å². The number of hydrogen-bond acceptors (Lipinski definition) is 6. The molecule has 0 bridgehead atoms. The predicted octanol–water partition coefficient (Wildman–Crippen LogP) is 3.95. The quantitative estimate of drug-likeness (QED) is 0.551. The fraction of sp³-hybridized carbons (Fsp3) is 0.278. The number of pyridine rings is 1. The zero-order valence-electron chi connectivity index (χ0n) is 14.8. The highest BCUT2D eigenvalue weighted by Crippen LogP contribution is 2.41. The second kappa shape index (κ2) is 8.97. The summed E-state index contributed by atoms with van der Waals surface area (Å²) in [4.78, 5) is 7.82. The van der Waals surface area contributed by atoms with E-state index >= 15 is 0 Å². The molecule has 2 atom stereocenters. The molecule has 2 heterocycles. The molecule has 0 radical (unpaired) electrons. The van der Waals surface area contributed by atoms with Crippen molar-refractivity contribution in [2.75, 3.05) is 0 Å². The molecule has 10 heteroatoms. The average molecular weight is 426 g/mol. The molecular weight excluding hydrogens is 409 g/mol. The summed E-state index contributed by atoms with van der Waals surface area (Å²) in [5, 5.41) is 14.8. The van der Waals surface area contributed by atoms with Crippen LogP contribution in [0.3, 0.4) is 0 Å².